The van der Waals surface area contributed by atoms with Crippen molar-refractivity contribution in [2.45, 2.75) is 34.6 Å². The molecule has 0 spiro atoms. The van der Waals surface area contributed by atoms with Crippen molar-refractivity contribution < 1.29 is 0 Å². The van der Waals surface area contributed by atoms with Crippen molar-refractivity contribution in [2.75, 3.05) is 0 Å². The lowest BCUT2D eigenvalue weighted by Crippen LogP contribution is -2.54. The van der Waals surface area contributed by atoms with E-state index in [9.17, 15) is 0 Å². The SMILES string of the molecule is Cc1ccc(B(c2ccc(C)cc2)c2c(C)cc(C)cc2C)cc1. The second kappa shape index (κ2) is 6.69. The summed E-state index contributed by atoms with van der Waals surface area (Å²) in [6.45, 7) is 11.2. The van der Waals surface area contributed by atoms with Crippen molar-refractivity contribution >= 4 is 23.1 Å². The molecule has 120 valence electrons. The maximum absolute atomic E-state index is 2.30. The molecule has 0 atom stereocenters. The molecule has 0 heterocycles. The third kappa shape index (κ3) is 3.31. The molecule has 0 nitrogen and oxygen atoms in total. The Balaban J connectivity index is 2.22. The van der Waals surface area contributed by atoms with E-state index in [1.807, 2.05) is 0 Å². The van der Waals surface area contributed by atoms with Crippen LogP contribution in [0.2, 0.25) is 0 Å². The summed E-state index contributed by atoms with van der Waals surface area (Å²) in [5.41, 5.74) is 10.8. The first kappa shape index (κ1) is 16.6. The minimum absolute atomic E-state index is 0.284. The summed E-state index contributed by atoms with van der Waals surface area (Å²) in [7, 11) is 0. The molecule has 0 aromatic heterocycles. The number of benzene rings is 3. The third-order valence-corrected chi connectivity index (χ3v) is 4.85. The maximum Gasteiger partial charge on any atom is 0.241 e. The van der Waals surface area contributed by atoms with Crippen LogP contribution in [0.25, 0.3) is 0 Å². The van der Waals surface area contributed by atoms with Gasteiger partial charge < -0.3 is 0 Å². The first-order valence-corrected chi connectivity index (χ1v) is 8.66. The largest absolute Gasteiger partial charge is 0.241 e. The van der Waals surface area contributed by atoms with Gasteiger partial charge in [0.15, 0.2) is 0 Å². The lowest BCUT2D eigenvalue weighted by molar-refractivity contribution is 1.35. The van der Waals surface area contributed by atoms with Gasteiger partial charge in [-0.05, 0) is 34.6 Å². The van der Waals surface area contributed by atoms with Crippen molar-refractivity contribution in [2.24, 2.45) is 0 Å². The van der Waals surface area contributed by atoms with Crippen molar-refractivity contribution in [1.82, 2.24) is 0 Å². The molecule has 0 radical (unpaired) electrons. The first-order valence-electron chi connectivity index (χ1n) is 8.66. The Morgan fingerprint density at radius 3 is 1.25 bits per heavy atom. The summed E-state index contributed by atoms with van der Waals surface area (Å²) in [4.78, 5) is 0. The molecule has 3 aromatic carbocycles. The lowest BCUT2D eigenvalue weighted by Gasteiger charge is -2.21. The number of hydrogen-bond acceptors (Lipinski definition) is 0. The highest BCUT2D eigenvalue weighted by atomic mass is 14.1. The molecular weight excluding hydrogens is 287 g/mol. The van der Waals surface area contributed by atoms with Gasteiger partial charge in [0, 0.05) is 0 Å². The normalized spacial score (nSPS) is 10.7. The van der Waals surface area contributed by atoms with E-state index < -0.39 is 0 Å². The fourth-order valence-corrected chi connectivity index (χ4v) is 3.69. The molecule has 24 heavy (non-hydrogen) atoms. The Bertz CT molecular complexity index is 774. The molecule has 0 aliphatic carbocycles. The third-order valence-electron chi connectivity index (χ3n) is 4.85. The van der Waals surface area contributed by atoms with Crippen LogP contribution in [0.4, 0.5) is 0 Å². The van der Waals surface area contributed by atoms with Crippen LogP contribution in [0.5, 0.6) is 0 Å². The van der Waals surface area contributed by atoms with Gasteiger partial charge in [-0.3, -0.25) is 0 Å². The van der Waals surface area contributed by atoms with Crippen LogP contribution < -0.4 is 16.4 Å². The summed E-state index contributed by atoms with van der Waals surface area (Å²) >= 11 is 0. The molecule has 0 fully saturated rings. The van der Waals surface area contributed by atoms with Gasteiger partial charge in [-0.1, -0.05) is 105 Å². The smallest absolute Gasteiger partial charge is 0.0686 e. The van der Waals surface area contributed by atoms with Gasteiger partial charge in [0.2, 0.25) is 6.71 Å². The van der Waals surface area contributed by atoms with Crippen molar-refractivity contribution in [3.05, 3.63) is 88.5 Å². The quantitative estimate of drug-likeness (QED) is 0.646. The lowest BCUT2D eigenvalue weighted by atomic mass is 9.35. The molecule has 0 saturated carbocycles. The highest BCUT2D eigenvalue weighted by Gasteiger charge is 2.24. The van der Waals surface area contributed by atoms with E-state index in [1.165, 1.54) is 44.2 Å². The highest BCUT2D eigenvalue weighted by Crippen LogP contribution is 2.09. The van der Waals surface area contributed by atoms with E-state index in [2.05, 4.69) is 95.3 Å². The van der Waals surface area contributed by atoms with Crippen LogP contribution in [0.15, 0.2) is 60.7 Å². The van der Waals surface area contributed by atoms with Gasteiger partial charge in [-0.2, -0.15) is 0 Å². The highest BCUT2D eigenvalue weighted by molar-refractivity contribution is 6.96. The monoisotopic (exact) mass is 312 g/mol. The van der Waals surface area contributed by atoms with Crippen molar-refractivity contribution in [1.29, 1.82) is 0 Å². The first-order chi connectivity index (χ1) is 11.5. The Kier molecular flexibility index (Phi) is 4.62. The molecule has 0 N–H and O–H groups in total. The average Bonchev–Trinajstić information content (AvgIpc) is 2.53. The van der Waals surface area contributed by atoms with Gasteiger partial charge in [-0.15, -0.1) is 0 Å². The molecule has 0 unspecified atom stereocenters. The summed E-state index contributed by atoms with van der Waals surface area (Å²) < 4.78 is 0. The van der Waals surface area contributed by atoms with Gasteiger partial charge in [0.25, 0.3) is 0 Å². The van der Waals surface area contributed by atoms with Crippen LogP contribution in [-0.2, 0) is 0 Å². The van der Waals surface area contributed by atoms with E-state index in [1.54, 1.807) is 0 Å². The van der Waals surface area contributed by atoms with Crippen LogP contribution in [0.1, 0.15) is 27.8 Å². The van der Waals surface area contributed by atoms with Crippen molar-refractivity contribution in [3.8, 4) is 0 Å². The van der Waals surface area contributed by atoms with E-state index >= 15 is 0 Å². The summed E-state index contributed by atoms with van der Waals surface area (Å²) in [5.74, 6) is 0. The fraction of sp³-hybridized carbons (Fsp3) is 0.217. The Morgan fingerprint density at radius 1 is 0.500 bits per heavy atom. The summed E-state index contributed by atoms with van der Waals surface area (Å²) in [6, 6.07) is 22.6. The summed E-state index contributed by atoms with van der Waals surface area (Å²) in [5, 5.41) is 0. The molecule has 0 amide bonds. The van der Waals surface area contributed by atoms with E-state index in [0.29, 0.717) is 0 Å². The van der Waals surface area contributed by atoms with Gasteiger partial charge in [0.1, 0.15) is 0 Å². The molecule has 0 bridgehead atoms. The molecule has 0 aliphatic heterocycles. The van der Waals surface area contributed by atoms with Crippen LogP contribution in [-0.4, -0.2) is 6.71 Å². The second-order valence-electron chi connectivity index (χ2n) is 7.07. The minimum Gasteiger partial charge on any atom is -0.0686 e. The average molecular weight is 312 g/mol. The summed E-state index contributed by atoms with van der Waals surface area (Å²) in [6.07, 6.45) is 0. The topological polar surface area (TPSA) is 0 Å². The number of aryl methyl sites for hydroxylation is 5. The van der Waals surface area contributed by atoms with E-state index in [0.717, 1.165) is 0 Å². The second-order valence-corrected chi connectivity index (χ2v) is 7.07. The number of rotatable bonds is 3. The zero-order chi connectivity index (χ0) is 17.3. The molecule has 1 heteroatoms. The van der Waals surface area contributed by atoms with Gasteiger partial charge in [0.05, 0.1) is 0 Å². The molecule has 0 aliphatic rings. The molecule has 3 aromatic rings. The zero-order valence-electron chi connectivity index (χ0n) is 15.4. The van der Waals surface area contributed by atoms with Crippen LogP contribution >= 0.6 is 0 Å². The maximum atomic E-state index is 2.30. The van der Waals surface area contributed by atoms with Crippen LogP contribution in [0.3, 0.4) is 0 Å². The predicted octanol–water partition coefficient (Wildman–Crippen LogP) is 3.74. The predicted molar refractivity (Wildman–Crippen MR) is 108 cm³/mol. The standard InChI is InChI=1S/C23H25B/c1-16-6-10-21(11-7-16)24(22-12-8-17(2)9-13-22)23-19(4)14-18(3)15-20(23)5/h6-15H,1-5H3. The minimum atomic E-state index is 0.284. The molecule has 3 rings (SSSR count). The molecule has 0 saturated heterocycles. The Labute approximate surface area is 146 Å². The molecular formula is C23H25B. The Morgan fingerprint density at radius 2 is 0.875 bits per heavy atom. The van der Waals surface area contributed by atoms with Gasteiger partial charge in [-0.25, -0.2) is 0 Å². The Hall–Kier alpha value is -2.28. The van der Waals surface area contributed by atoms with Crippen molar-refractivity contribution in [3.63, 3.8) is 0 Å². The van der Waals surface area contributed by atoms with Gasteiger partial charge >= 0.3 is 0 Å². The van der Waals surface area contributed by atoms with Crippen LogP contribution in [0, 0.1) is 34.6 Å². The fourth-order valence-electron chi connectivity index (χ4n) is 3.69. The number of hydrogen-bond donors (Lipinski definition) is 0. The van der Waals surface area contributed by atoms with E-state index in [4.69, 9.17) is 0 Å². The zero-order valence-corrected chi connectivity index (χ0v) is 15.4. The van der Waals surface area contributed by atoms with E-state index in [-0.39, 0.29) is 6.71 Å².